The summed E-state index contributed by atoms with van der Waals surface area (Å²) in [6.45, 7) is 4.57. The zero-order valence-electron chi connectivity index (χ0n) is 11.8. The molecular formula is C14H16BrFN4O. The Bertz CT molecular complexity index is 651. The predicted octanol–water partition coefficient (Wildman–Crippen LogP) is 3.55. The van der Waals surface area contributed by atoms with Gasteiger partial charge >= 0.3 is 0 Å². The molecule has 3 N–H and O–H groups in total. The molecule has 2 aromatic rings. The lowest BCUT2D eigenvalue weighted by Gasteiger charge is -2.11. The minimum absolute atomic E-state index is 0.294. The monoisotopic (exact) mass is 354 g/mol. The molecule has 0 radical (unpaired) electrons. The standard InChI is InChI=1S/C14H16BrFN4O/c1-3-21-7-14-19-12(17)6-13(20-14)18-11-5-9(15)10(16)4-8(11)2/h4-6H,3,7H2,1-2H3,(H3,17,18,19,20). The van der Waals surface area contributed by atoms with E-state index in [0.717, 1.165) is 11.3 Å². The Labute approximate surface area is 130 Å². The number of nitrogen functional groups attached to an aromatic ring is 1. The van der Waals surface area contributed by atoms with E-state index in [4.69, 9.17) is 10.5 Å². The van der Waals surface area contributed by atoms with Crippen LogP contribution in [0.25, 0.3) is 0 Å². The molecule has 0 saturated heterocycles. The molecule has 2 rings (SSSR count). The quantitative estimate of drug-likeness (QED) is 0.858. The molecule has 0 amide bonds. The first-order valence-corrected chi connectivity index (χ1v) is 7.22. The van der Waals surface area contributed by atoms with Crippen molar-refractivity contribution in [3.05, 3.63) is 39.9 Å². The number of aromatic nitrogens is 2. The van der Waals surface area contributed by atoms with Gasteiger partial charge in [-0.1, -0.05) is 0 Å². The Morgan fingerprint density at radius 1 is 1.33 bits per heavy atom. The Kier molecular flexibility index (Phi) is 5.08. The van der Waals surface area contributed by atoms with Crippen molar-refractivity contribution < 1.29 is 9.13 Å². The molecule has 7 heteroatoms. The number of hydrogen-bond acceptors (Lipinski definition) is 5. The number of benzene rings is 1. The summed E-state index contributed by atoms with van der Waals surface area (Å²) in [5.74, 6) is 1.08. The van der Waals surface area contributed by atoms with Crippen molar-refractivity contribution in [2.24, 2.45) is 0 Å². The molecule has 5 nitrogen and oxygen atoms in total. The minimum Gasteiger partial charge on any atom is -0.384 e. The maximum Gasteiger partial charge on any atom is 0.158 e. The number of halogens is 2. The Balaban J connectivity index is 2.27. The Hall–Kier alpha value is -1.73. The number of anilines is 3. The number of nitrogens with two attached hydrogens (primary N) is 1. The van der Waals surface area contributed by atoms with Crippen LogP contribution in [-0.4, -0.2) is 16.6 Å². The summed E-state index contributed by atoms with van der Waals surface area (Å²) in [7, 11) is 0. The molecular weight excluding hydrogens is 339 g/mol. The van der Waals surface area contributed by atoms with Crippen LogP contribution >= 0.6 is 15.9 Å². The molecule has 0 saturated carbocycles. The van der Waals surface area contributed by atoms with Gasteiger partial charge in [0, 0.05) is 18.4 Å². The van der Waals surface area contributed by atoms with E-state index in [0.29, 0.717) is 35.1 Å². The SMILES string of the molecule is CCOCc1nc(N)cc(Nc2cc(Br)c(F)cc2C)n1. The number of rotatable bonds is 5. The van der Waals surface area contributed by atoms with Gasteiger partial charge in [0.1, 0.15) is 24.1 Å². The van der Waals surface area contributed by atoms with E-state index in [1.807, 2.05) is 13.8 Å². The largest absolute Gasteiger partial charge is 0.384 e. The second kappa shape index (κ2) is 6.82. The molecule has 112 valence electrons. The number of nitrogens with zero attached hydrogens (tertiary/aromatic N) is 2. The van der Waals surface area contributed by atoms with Crippen molar-refractivity contribution in [2.75, 3.05) is 17.7 Å². The minimum atomic E-state index is -0.308. The molecule has 1 aromatic heterocycles. The molecule has 0 fully saturated rings. The zero-order chi connectivity index (χ0) is 15.4. The summed E-state index contributed by atoms with van der Waals surface area (Å²) in [6.07, 6.45) is 0. The average molecular weight is 355 g/mol. The summed E-state index contributed by atoms with van der Waals surface area (Å²) in [5, 5.41) is 3.11. The van der Waals surface area contributed by atoms with Crippen molar-refractivity contribution in [1.82, 2.24) is 9.97 Å². The second-order valence-corrected chi connectivity index (χ2v) is 5.29. The normalized spacial score (nSPS) is 10.7. The maximum absolute atomic E-state index is 13.4. The maximum atomic E-state index is 13.4. The fraction of sp³-hybridized carbons (Fsp3) is 0.286. The van der Waals surface area contributed by atoms with Crippen LogP contribution < -0.4 is 11.1 Å². The smallest absolute Gasteiger partial charge is 0.158 e. The fourth-order valence-electron chi connectivity index (χ4n) is 1.76. The van der Waals surface area contributed by atoms with E-state index < -0.39 is 0 Å². The summed E-state index contributed by atoms with van der Waals surface area (Å²) < 4.78 is 19.1. The summed E-state index contributed by atoms with van der Waals surface area (Å²) >= 11 is 3.16. The molecule has 0 aliphatic carbocycles. The number of hydrogen-bond donors (Lipinski definition) is 2. The highest BCUT2D eigenvalue weighted by atomic mass is 79.9. The molecule has 0 unspecified atom stereocenters. The molecule has 1 aromatic carbocycles. The lowest BCUT2D eigenvalue weighted by atomic mass is 10.2. The lowest BCUT2D eigenvalue weighted by molar-refractivity contribution is 0.128. The van der Waals surface area contributed by atoms with Crippen LogP contribution in [0.4, 0.5) is 21.7 Å². The van der Waals surface area contributed by atoms with Crippen LogP contribution in [-0.2, 0) is 11.3 Å². The van der Waals surface area contributed by atoms with Gasteiger partial charge in [-0.2, -0.15) is 0 Å². The van der Waals surface area contributed by atoms with Gasteiger partial charge in [-0.15, -0.1) is 0 Å². The van der Waals surface area contributed by atoms with Crippen LogP contribution in [0.5, 0.6) is 0 Å². The van der Waals surface area contributed by atoms with Crippen molar-refractivity contribution >= 4 is 33.3 Å². The molecule has 1 heterocycles. The van der Waals surface area contributed by atoms with Crippen molar-refractivity contribution in [3.8, 4) is 0 Å². The van der Waals surface area contributed by atoms with Crippen LogP contribution in [0.2, 0.25) is 0 Å². The number of aryl methyl sites for hydroxylation is 1. The predicted molar refractivity (Wildman–Crippen MR) is 83.9 cm³/mol. The van der Waals surface area contributed by atoms with Gasteiger partial charge in [-0.3, -0.25) is 0 Å². The number of ether oxygens (including phenoxy) is 1. The second-order valence-electron chi connectivity index (χ2n) is 4.44. The van der Waals surface area contributed by atoms with Gasteiger partial charge in [-0.25, -0.2) is 14.4 Å². The van der Waals surface area contributed by atoms with E-state index in [2.05, 4.69) is 31.2 Å². The van der Waals surface area contributed by atoms with E-state index in [1.165, 1.54) is 6.07 Å². The fourth-order valence-corrected chi connectivity index (χ4v) is 2.10. The van der Waals surface area contributed by atoms with Gasteiger partial charge < -0.3 is 15.8 Å². The Morgan fingerprint density at radius 2 is 2.10 bits per heavy atom. The number of nitrogens with one attached hydrogen (secondary N) is 1. The first kappa shape index (κ1) is 15.7. The Morgan fingerprint density at radius 3 is 2.81 bits per heavy atom. The first-order valence-electron chi connectivity index (χ1n) is 6.43. The summed E-state index contributed by atoms with van der Waals surface area (Å²) in [4.78, 5) is 8.42. The van der Waals surface area contributed by atoms with Crippen molar-refractivity contribution in [3.63, 3.8) is 0 Å². The molecule has 21 heavy (non-hydrogen) atoms. The topological polar surface area (TPSA) is 73.1 Å². The molecule has 0 atom stereocenters. The molecule has 0 spiro atoms. The molecule has 0 aliphatic heterocycles. The van der Waals surface area contributed by atoms with Gasteiger partial charge in [0.25, 0.3) is 0 Å². The molecule has 0 aliphatic rings. The van der Waals surface area contributed by atoms with Gasteiger partial charge in [-0.05, 0) is 47.5 Å². The van der Waals surface area contributed by atoms with Crippen molar-refractivity contribution in [1.29, 1.82) is 0 Å². The van der Waals surface area contributed by atoms with Gasteiger partial charge in [0.2, 0.25) is 0 Å². The highest BCUT2D eigenvalue weighted by Crippen LogP contribution is 2.26. The highest BCUT2D eigenvalue weighted by Gasteiger charge is 2.08. The third kappa shape index (κ3) is 4.12. The van der Waals surface area contributed by atoms with E-state index in [9.17, 15) is 4.39 Å². The summed E-state index contributed by atoms with van der Waals surface area (Å²) in [5.41, 5.74) is 7.26. The van der Waals surface area contributed by atoms with Crippen LogP contribution in [0.1, 0.15) is 18.3 Å². The zero-order valence-corrected chi connectivity index (χ0v) is 13.4. The van der Waals surface area contributed by atoms with Gasteiger partial charge in [0.05, 0.1) is 4.47 Å². The van der Waals surface area contributed by atoms with Crippen LogP contribution in [0.3, 0.4) is 0 Å². The average Bonchev–Trinajstić information content (AvgIpc) is 2.42. The third-order valence-corrected chi connectivity index (χ3v) is 3.37. The summed E-state index contributed by atoms with van der Waals surface area (Å²) in [6, 6.07) is 4.72. The highest BCUT2D eigenvalue weighted by molar-refractivity contribution is 9.10. The molecule has 0 bridgehead atoms. The van der Waals surface area contributed by atoms with E-state index in [-0.39, 0.29) is 5.82 Å². The third-order valence-electron chi connectivity index (χ3n) is 2.76. The van der Waals surface area contributed by atoms with Gasteiger partial charge in [0.15, 0.2) is 5.82 Å². The van der Waals surface area contributed by atoms with E-state index >= 15 is 0 Å². The lowest BCUT2D eigenvalue weighted by Crippen LogP contribution is -2.06. The van der Waals surface area contributed by atoms with Crippen molar-refractivity contribution in [2.45, 2.75) is 20.5 Å². The van der Waals surface area contributed by atoms with Crippen LogP contribution in [0.15, 0.2) is 22.7 Å². The van der Waals surface area contributed by atoms with E-state index in [1.54, 1.807) is 12.1 Å². The first-order chi connectivity index (χ1) is 9.99. The van der Waals surface area contributed by atoms with Crippen LogP contribution in [0, 0.1) is 12.7 Å².